The van der Waals surface area contributed by atoms with Gasteiger partial charge >= 0.3 is 0 Å². The molecule has 0 radical (unpaired) electrons. The summed E-state index contributed by atoms with van der Waals surface area (Å²) in [6.45, 7) is 4.12. The minimum Gasteiger partial charge on any atom is -0.486 e. The highest BCUT2D eigenvalue weighted by molar-refractivity contribution is 5.93. The summed E-state index contributed by atoms with van der Waals surface area (Å²) in [6.07, 6.45) is 1.71. The summed E-state index contributed by atoms with van der Waals surface area (Å²) in [5.41, 5.74) is 1.74. The molecule has 0 aliphatic carbocycles. The van der Waals surface area contributed by atoms with E-state index in [0.717, 1.165) is 11.1 Å². The number of pyridine rings is 1. The van der Waals surface area contributed by atoms with Crippen LogP contribution in [0.25, 0.3) is 0 Å². The number of hydrogen-bond donors (Lipinski definition) is 0. The Balaban J connectivity index is 1.59. The fourth-order valence-corrected chi connectivity index (χ4v) is 3.57. The number of carbonyl (C=O) groups excluding carboxylic acids is 1. The molecule has 0 N–H and O–H groups in total. The third-order valence-corrected chi connectivity index (χ3v) is 5.12. The molecule has 154 valence electrons. The highest BCUT2D eigenvalue weighted by Crippen LogP contribution is 2.34. The van der Waals surface area contributed by atoms with Crippen molar-refractivity contribution in [2.45, 2.75) is 20.0 Å². The molecule has 6 nitrogen and oxygen atoms in total. The second kappa shape index (κ2) is 8.86. The molecule has 0 unspecified atom stereocenters. The molecule has 30 heavy (non-hydrogen) atoms. The van der Waals surface area contributed by atoms with E-state index >= 15 is 0 Å². The number of rotatable bonds is 6. The highest BCUT2D eigenvalue weighted by Gasteiger charge is 2.22. The lowest BCUT2D eigenvalue weighted by Crippen LogP contribution is -2.36. The minimum atomic E-state index is -0.292. The summed E-state index contributed by atoms with van der Waals surface area (Å²) < 4.78 is 13.0. The summed E-state index contributed by atoms with van der Waals surface area (Å²) in [4.78, 5) is 27.9. The van der Waals surface area contributed by atoms with Crippen LogP contribution < -0.4 is 15.0 Å². The van der Waals surface area contributed by atoms with Gasteiger partial charge in [0.2, 0.25) is 0 Å². The zero-order chi connectivity index (χ0) is 20.9. The number of nitrogens with zero attached hydrogens (tertiary/aromatic N) is 2. The second-order valence-electron chi connectivity index (χ2n) is 7.10. The zero-order valence-electron chi connectivity index (χ0n) is 16.9. The van der Waals surface area contributed by atoms with Crippen LogP contribution in [0.3, 0.4) is 0 Å². The smallest absolute Gasteiger partial charge is 0.263 e. The van der Waals surface area contributed by atoms with E-state index < -0.39 is 0 Å². The average molecular weight is 404 g/mol. The Bertz CT molecular complexity index is 1090. The second-order valence-corrected chi connectivity index (χ2v) is 7.10. The van der Waals surface area contributed by atoms with Crippen LogP contribution >= 0.6 is 0 Å². The van der Waals surface area contributed by atoms with Crippen LogP contribution in [0.2, 0.25) is 0 Å². The SMILES string of the molecule is CCN(Cc1cccc2c1OCCO2)C(=O)c1cccn(Cc2ccccc2)c1=O. The van der Waals surface area contributed by atoms with Crippen LogP contribution in [-0.2, 0) is 13.1 Å². The highest BCUT2D eigenvalue weighted by atomic mass is 16.6. The number of ether oxygens (including phenoxy) is 2. The molecule has 4 rings (SSSR count). The van der Waals surface area contributed by atoms with Crippen LogP contribution in [-0.4, -0.2) is 35.1 Å². The van der Waals surface area contributed by atoms with Crippen molar-refractivity contribution in [2.24, 2.45) is 0 Å². The van der Waals surface area contributed by atoms with Crippen molar-refractivity contribution in [3.63, 3.8) is 0 Å². The third kappa shape index (κ3) is 4.08. The van der Waals surface area contributed by atoms with Gasteiger partial charge in [-0.3, -0.25) is 9.59 Å². The Morgan fingerprint density at radius 3 is 2.60 bits per heavy atom. The van der Waals surface area contributed by atoms with Gasteiger partial charge in [-0.1, -0.05) is 42.5 Å². The molecular formula is C24H24N2O4. The van der Waals surface area contributed by atoms with Crippen LogP contribution in [0, 0.1) is 0 Å². The zero-order valence-corrected chi connectivity index (χ0v) is 16.9. The van der Waals surface area contributed by atoms with Crippen molar-refractivity contribution in [2.75, 3.05) is 19.8 Å². The van der Waals surface area contributed by atoms with Crippen molar-refractivity contribution >= 4 is 5.91 Å². The number of fused-ring (bicyclic) bond motifs is 1. The molecule has 1 aliphatic rings. The Morgan fingerprint density at radius 1 is 1.00 bits per heavy atom. The molecular weight excluding hydrogens is 380 g/mol. The molecule has 2 aromatic carbocycles. The van der Waals surface area contributed by atoms with Gasteiger partial charge in [0.1, 0.15) is 18.8 Å². The molecule has 1 aliphatic heterocycles. The maximum atomic E-state index is 13.2. The summed E-state index contributed by atoms with van der Waals surface area (Å²) >= 11 is 0. The summed E-state index contributed by atoms with van der Waals surface area (Å²) in [5, 5.41) is 0. The Labute approximate surface area is 175 Å². The molecule has 0 saturated carbocycles. The first-order valence-corrected chi connectivity index (χ1v) is 10.1. The maximum absolute atomic E-state index is 13.2. The topological polar surface area (TPSA) is 60.8 Å². The van der Waals surface area contributed by atoms with Gasteiger partial charge in [0, 0.05) is 24.8 Å². The van der Waals surface area contributed by atoms with Gasteiger partial charge in [-0.25, -0.2) is 0 Å². The molecule has 0 bridgehead atoms. The number of amides is 1. The van der Waals surface area contributed by atoms with Gasteiger partial charge in [0.15, 0.2) is 11.5 Å². The predicted molar refractivity (Wildman–Crippen MR) is 114 cm³/mol. The van der Waals surface area contributed by atoms with Crippen molar-refractivity contribution in [3.8, 4) is 11.5 Å². The van der Waals surface area contributed by atoms with Crippen LogP contribution in [0.1, 0.15) is 28.4 Å². The molecule has 0 spiro atoms. The third-order valence-electron chi connectivity index (χ3n) is 5.12. The number of benzene rings is 2. The van der Waals surface area contributed by atoms with Crippen molar-refractivity contribution < 1.29 is 14.3 Å². The number of carbonyl (C=O) groups is 1. The lowest BCUT2D eigenvalue weighted by Gasteiger charge is -2.25. The van der Waals surface area contributed by atoms with Gasteiger partial charge in [-0.05, 0) is 30.7 Å². The Morgan fingerprint density at radius 2 is 1.80 bits per heavy atom. The number of aromatic nitrogens is 1. The van der Waals surface area contributed by atoms with Crippen LogP contribution in [0.4, 0.5) is 0 Å². The molecule has 2 heterocycles. The van der Waals surface area contributed by atoms with Gasteiger partial charge < -0.3 is 18.9 Å². The lowest BCUT2D eigenvalue weighted by molar-refractivity contribution is 0.0746. The standard InChI is InChI=1S/C24H24N2O4/c1-2-25(17-19-10-6-12-21-22(19)30-15-14-29-21)23(27)20-11-7-13-26(24(20)28)16-18-8-4-3-5-9-18/h3-13H,2,14-17H2,1H3. The van der Waals surface area contributed by atoms with Gasteiger partial charge in [-0.2, -0.15) is 0 Å². The molecule has 0 saturated heterocycles. The van der Waals surface area contributed by atoms with E-state index in [4.69, 9.17) is 9.47 Å². The normalized spacial score (nSPS) is 12.4. The van der Waals surface area contributed by atoms with Gasteiger partial charge in [0.25, 0.3) is 11.5 Å². The number of para-hydroxylation sites is 1. The monoisotopic (exact) mass is 404 g/mol. The first-order chi connectivity index (χ1) is 14.7. The van der Waals surface area contributed by atoms with Crippen LogP contribution in [0.5, 0.6) is 11.5 Å². The number of hydrogen-bond acceptors (Lipinski definition) is 4. The van der Waals surface area contributed by atoms with E-state index in [1.165, 1.54) is 0 Å². The minimum absolute atomic E-state index is 0.164. The molecule has 3 aromatic rings. The molecule has 0 fully saturated rings. The molecule has 1 amide bonds. The largest absolute Gasteiger partial charge is 0.486 e. The van der Waals surface area contributed by atoms with Crippen LogP contribution in [0.15, 0.2) is 71.7 Å². The summed E-state index contributed by atoms with van der Waals surface area (Å²) in [6, 6.07) is 18.7. The van der Waals surface area contributed by atoms with E-state index in [1.807, 2.05) is 55.5 Å². The van der Waals surface area contributed by atoms with Gasteiger partial charge in [0.05, 0.1) is 6.54 Å². The fourth-order valence-electron chi connectivity index (χ4n) is 3.57. The van der Waals surface area contributed by atoms with Crippen molar-refractivity contribution in [3.05, 3.63) is 93.9 Å². The lowest BCUT2D eigenvalue weighted by atomic mass is 10.1. The quantitative estimate of drug-likeness (QED) is 0.632. The molecule has 0 atom stereocenters. The maximum Gasteiger partial charge on any atom is 0.263 e. The fraction of sp³-hybridized carbons (Fsp3) is 0.250. The average Bonchev–Trinajstić information content (AvgIpc) is 2.79. The summed E-state index contributed by atoms with van der Waals surface area (Å²) in [7, 11) is 0. The van der Waals surface area contributed by atoms with E-state index in [2.05, 4.69) is 0 Å². The predicted octanol–water partition coefficient (Wildman–Crippen LogP) is 3.33. The van der Waals surface area contributed by atoms with Crippen molar-refractivity contribution in [1.29, 1.82) is 0 Å². The first kappa shape index (κ1) is 19.8. The van der Waals surface area contributed by atoms with E-state index in [0.29, 0.717) is 44.3 Å². The van der Waals surface area contributed by atoms with E-state index in [-0.39, 0.29) is 17.0 Å². The Kier molecular flexibility index (Phi) is 5.84. The first-order valence-electron chi connectivity index (χ1n) is 10.1. The van der Waals surface area contributed by atoms with Crippen molar-refractivity contribution in [1.82, 2.24) is 9.47 Å². The van der Waals surface area contributed by atoms with E-state index in [1.54, 1.807) is 27.8 Å². The molecule has 6 heteroatoms. The Hall–Kier alpha value is -3.54. The van der Waals surface area contributed by atoms with Gasteiger partial charge in [-0.15, -0.1) is 0 Å². The summed E-state index contributed by atoms with van der Waals surface area (Å²) in [5.74, 6) is 1.07. The van der Waals surface area contributed by atoms with E-state index in [9.17, 15) is 9.59 Å². The molecule has 1 aromatic heterocycles.